The first-order chi connectivity index (χ1) is 15.4. The second-order valence-corrected chi connectivity index (χ2v) is 8.01. The van der Waals surface area contributed by atoms with Gasteiger partial charge in [0, 0.05) is 25.8 Å². The highest BCUT2D eigenvalue weighted by atomic mass is 32.2. The normalized spacial score (nSPS) is 11.9. The largest absolute Gasteiger partial charge is 0.402 e. The Morgan fingerprint density at radius 1 is 1.18 bits per heavy atom. The minimum atomic E-state index is -4.74. The molecule has 0 amide bonds. The number of nitrogens with one attached hydrogen (secondary N) is 2. The van der Waals surface area contributed by atoms with Crippen LogP contribution < -0.4 is 14.3 Å². The average molecular weight is 483 g/mol. The fourth-order valence-corrected chi connectivity index (χ4v) is 3.60. The molecule has 1 heterocycles. The molecule has 11 nitrogen and oxygen atoms in total. The van der Waals surface area contributed by atoms with E-state index in [-0.39, 0.29) is 28.7 Å². The zero-order valence-electron chi connectivity index (χ0n) is 17.8. The third-order valence-corrected chi connectivity index (χ3v) is 5.36. The summed E-state index contributed by atoms with van der Waals surface area (Å²) in [6.07, 6.45) is -4.74. The Balaban J connectivity index is 2.48. The number of imidazole rings is 1. The van der Waals surface area contributed by atoms with E-state index in [0.717, 1.165) is 0 Å². The molecule has 2 N–H and O–H groups in total. The van der Waals surface area contributed by atoms with Crippen LogP contribution in [-0.2, 0) is 17.3 Å². The van der Waals surface area contributed by atoms with Crippen molar-refractivity contribution in [2.75, 3.05) is 29.3 Å². The number of rotatable bonds is 9. The molecule has 0 aliphatic heterocycles. The summed E-state index contributed by atoms with van der Waals surface area (Å²) in [7, 11) is -3.16. The van der Waals surface area contributed by atoms with Gasteiger partial charge in [0.2, 0.25) is 0 Å². The molecule has 0 spiro atoms. The number of aromatic nitrogens is 2. The summed E-state index contributed by atoms with van der Waals surface area (Å²) >= 11 is 0. The van der Waals surface area contributed by atoms with Crippen LogP contribution in [0.3, 0.4) is 0 Å². The summed E-state index contributed by atoms with van der Waals surface area (Å²) < 4.78 is 66.4. The van der Waals surface area contributed by atoms with Crippen LogP contribution in [-0.4, -0.2) is 43.8 Å². The Kier molecular flexibility index (Phi) is 7.97. The van der Waals surface area contributed by atoms with Crippen LogP contribution >= 0.6 is 0 Å². The summed E-state index contributed by atoms with van der Waals surface area (Å²) in [4.78, 5) is 5.77. The van der Waals surface area contributed by atoms with Crippen LogP contribution in [0.2, 0.25) is 0 Å². The molecule has 2 rings (SSSR count). The lowest BCUT2D eigenvalue weighted by Gasteiger charge is -2.22. The third-order valence-electron chi connectivity index (χ3n) is 4.35. The van der Waals surface area contributed by atoms with Crippen molar-refractivity contribution in [1.29, 1.82) is 10.5 Å². The molecule has 1 aromatic carbocycles. The number of anilines is 2. The Morgan fingerprint density at radius 3 is 2.36 bits per heavy atom. The van der Waals surface area contributed by atoms with Gasteiger partial charge < -0.3 is 9.47 Å². The fraction of sp³-hybridized carbons (Fsp3) is 0.389. The molecule has 0 saturated carbocycles. The first-order valence-corrected chi connectivity index (χ1v) is 10.9. The van der Waals surface area contributed by atoms with Gasteiger partial charge in [-0.2, -0.15) is 41.8 Å². The first-order valence-electron chi connectivity index (χ1n) is 9.46. The monoisotopic (exact) mass is 483 g/mol. The summed E-state index contributed by atoms with van der Waals surface area (Å²) in [5, 5.41) is 26.0. The van der Waals surface area contributed by atoms with Gasteiger partial charge in [-0.3, -0.25) is 4.72 Å². The van der Waals surface area contributed by atoms with Crippen molar-refractivity contribution in [2.45, 2.75) is 20.0 Å². The first kappa shape index (κ1) is 25.6. The second-order valence-electron chi connectivity index (χ2n) is 6.51. The number of halogens is 3. The molecule has 15 heteroatoms. The van der Waals surface area contributed by atoms with Crippen LogP contribution in [0.4, 0.5) is 36.2 Å². The van der Waals surface area contributed by atoms with Crippen LogP contribution in [0.5, 0.6) is 0 Å². The van der Waals surface area contributed by atoms with Gasteiger partial charge in [0.25, 0.3) is 16.2 Å². The zero-order valence-corrected chi connectivity index (χ0v) is 18.7. The van der Waals surface area contributed by atoms with Crippen LogP contribution in [0.1, 0.15) is 25.2 Å². The molecule has 1 aromatic heterocycles. The number of azo groups is 1. The van der Waals surface area contributed by atoms with E-state index in [1.165, 1.54) is 28.5 Å². The van der Waals surface area contributed by atoms with Crippen LogP contribution in [0.25, 0.3) is 0 Å². The lowest BCUT2D eigenvalue weighted by molar-refractivity contribution is -0.121. The molecule has 0 saturated heterocycles. The van der Waals surface area contributed by atoms with Crippen LogP contribution in [0, 0.1) is 22.7 Å². The molecule has 0 fully saturated rings. The predicted molar refractivity (Wildman–Crippen MR) is 113 cm³/mol. The number of nitrogens with zero attached hydrogens (tertiary/aromatic N) is 7. The minimum Gasteiger partial charge on any atom is -0.372 e. The smallest absolute Gasteiger partial charge is 0.372 e. The highest BCUT2D eigenvalue weighted by Crippen LogP contribution is 2.32. The van der Waals surface area contributed by atoms with E-state index in [4.69, 9.17) is 10.5 Å². The summed E-state index contributed by atoms with van der Waals surface area (Å²) in [5.74, 6) is -0.0973. The van der Waals surface area contributed by atoms with Crippen LogP contribution in [0.15, 0.2) is 28.4 Å². The van der Waals surface area contributed by atoms with E-state index in [0.29, 0.717) is 18.8 Å². The van der Waals surface area contributed by atoms with E-state index in [1.807, 2.05) is 29.5 Å². The van der Waals surface area contributed by atoms with Gasteiger partial charge in [0.1, 0.15) is 24.4 Å². The summed E-state index contributed by atoms with van der Waals surface area (Å²) in [5.41, 5.74) is 0.239. The highest BCUT2D eigenvalue weighted by Gasteiger charge is 2.29. The number of hydrogen-bond donors (Lipinski definition) is 2. The van der Waals surface area contributed by atoms with E-state index >= 15 is 0 Å². The van der Waals surface area contributed by atoms with E-state index in [2.05, 4.69) is 15.2 Å². The molecule has 0 unspecified atom stereocenters. The number of hydrogen-bond acceptors (Lipinski definition) is 8. The van der Waals surface area contributed by atoms with E-state index < -0.39 is 22.9 Å². The molecule has 0 atom stereocenters. The Hall–Kier alpha value is -3.69. The molecule has 33 heavy (non-hydrogen) atoms. The summed E-state index contributed by atoms with van der Waals surface area (Å²) in [6, 6.07) is 8.05. The number of nitriles is 2. The molecule has 2 aromatic rings. The van der Waals surface area contributed by atoms with Crippen molar-refractivity contribution in [1.82, 2.24) is 14.3 Å². The maximum Gasteiger partial charge on any atom is 0.402 e. The van der Waals surface area contributed by atoms with Crippen molar-refractivity contribution in [3.05, 3.63) is 29.6 Å². The Labute approximate surface area is 188 Å². The maximum atomic E-state index is 12.5. The molecular weight excluding hydrogens is 463 g/mol. The molecule has 176 valence electrons. The van der Waals surface area contributed by atoms with Gasteiger partial charge in [0.15, 0.2) is 11.4 Å². The van der Waals surface area contributed by atoms with Crippen molar-refractivity contribution in [3.63, 3.8) is 0 Å². The number of benzene rings is 1. The Bertz CT molecular complexity index is 1220. The van der Waals surface area contributed by atoms with Gasteiger partial charge >= 0.3 is 6.18 Å². The zero-order chi connectivity index (χ0) is 24.8. The van der Waals surface area contributed by atoms with Gasteiger partial charge in [-0.25, -0.2) is 0 Å². The summed E-state index contributed by atoms with van der Waals surface area (Å²) in [6.45, 7) is 3.20. The lowest BCUT2D eigenvalue weighted by atomic mass is 10.2. The average Bonchev–Trinajstić information content (AvgIpc) is 3.06. The van der Waals surface area contributed by atoms with E-state index in [1.54, 1.807) is 12.1 Å². The lowest BCUT2D eigenvalue weighted by Crippen LogP contribution is -2.37. The van der Waals surface area contributed by atoms with Gasteiger partial charge in [-0.1, -0.05) is 0 Å². The predicted octanol–water partition coefficient (Wildman–Crippen LogP) is 3.23. The fourth-order valence-electron chi connectivity index (χ4n) is 2.72. The second kappa shape index (κ2) is 10.3. The van der Waals surface area contributed by atoms with Crippen molar-refractivity contribution < 1.29 is 21.6 Å². The molecule has 0 bridgehead atoms. The molecule has 0 radical (unpaired) electrons. The SMILES string of the molecule is CCN(CC)c1ccc(N=Nc2nc(C#N)c(C#N)n2C)c(NS(=O)(=O)NCC(F)(F)F)c1. The molecular formula is C18H20F3N9O2S. The maximum absolute atomic E-state index is 12.5. The van der Waals surface area contributed by atoms with E-state index in [9.17, 15) is 21.6 Å². The van der Waals surface area contributed by atoms with Crippen molar-refractivity contribution in [2.24, 2.45) is 17.3 Å². The molecule has 0 aliphatic rings. The minimum absolute atomic E-state index is 0.0247. The highest BCUT2D eigenvalue weighted by molar-refractivity contribution is 7.90. The van der Waals surface area contributed by atoms with Gasteiger partial charge in [-0.05, 0) is 32.0 Å². The van der Waals surface area contributed by atoms with Gasteiger partial charge in [0.05, 0.1) is 5.69 Å². The quantitative estimate of drug-likeness (QED) is 0.523. The van der Waals surface area contributed by atoms with Gasteiger partial charge in [-0.15, -0.1) is 10.2 Å². The topological polar surface area (TPSA) is 152 Å². The standard InChI is InChI=1S/C18H20F3N9O2S/c1-4-30(5-2)12-6-7-13(14(8-12)28-33(31,32)24-11-18(19,20)21)26-27-17-25-15(9-22)16(10-23)29(17)3/h6-8,24,28H,4-5,11H2,1-3H3. The number of alkyl halides is 3. The van der Waals surface area contributed by atoms with Crippen molar-refractivity contribution in [3.8, 4) is 12.1 Å². The third kappa shape index (κ3) is 6.64. The molecule has 0 aliphatic carbocycles. The Morgan fingerprint density at radius 2 is 1.85 bits per heavy atom. The van der Waals surface area contributed by atoms with Crippen molar-refractivity contribution >= 4 is 33.2 Å².